The van der Waals surface area contributed by atoms with Crippen LogP contribution in [0.1, 0.15) is 29.5 Å². The van der Waals surface area contributed by atoms with Gasteiger partial charge in [-0.1, -0.05) is 176 Å². The first-order chi connectivity index (χ1) is 29.2. The van der Waals surface area contributed by atoms with Crippen LogP contribution in [0.5, 0.6) is 11.5 Å². The number of anilines is 3. The largest absolute Gasteiger partial charge is 0.456 e. The predicted molar refractivity (Wildman–Crippen MR) is 250 cm³/mol. The minimum atomic E-state index is 0.847. The van der Waals surface area contributed by atoms with Crippen LogP contribution in [0.3, 0.4) is 0 Å². The Morgan fingerprint density at radius 3 is 1.75 bits per heavy atom. The number of rotatable bonds is 9. The minimum absolute atomic E-state index is 0.847. The summed E-state index contributed by atoms with van der Waals surface area (Å²) in [6, 6.07) is 73.7. The highest BCUT2D eigenvalue weighted by molar-refractivity contribution is 6.14. The van der Waals surface area contributed by atoms with Crippen molar-refractivity contribution in [2.24, 2.45) is 0 Å². The van der Waals surface area contributed by atoms with Gasteiger partial charge in [0.15, 0.2) is 0 Å². The maximum atomic E-state index is 6.82. The van der Waals surface area contributed by atoms with E-state index in [4.69, 9.17) is 4.74 Å². The van der Waals surface area contributed by atoms with Gasteiger partial charge in [-0.25, -0.2) is 0 Å². The fourth-order valence-corrected chi connectivity index (χ4v) is 8.61. The standard InChI is InChI=1S/C57H43NO/c1-40-17-14-31-52(57(40)59-56-32-13-12-28-51(56)43-18-4-2-5-19-43)46-23-15-21-44(37-46)41-33-35-42(36-34-41)45-22-16-26-49(38-45)58(48-24-6-3-7-25-48)55-39-47-20-8-9-27-50(47)53-29-10-11-30-54(53)55/h2-33,35,37-39H,34,36H2,1H3. The van der Waals surface area contributed by atoms with E-state index in [1.165, 1.54) is 49.5 Å². The van der Waals surface area contributed by atoms with Crippen molar-refractivity contribution in [2.45, 2.75) is 19.8 Å². The third kappa shape index (κ3) is 7.11. The molecule has 282 valence electrons. The van der Waals surface area contributed by atoms with Crippen molar-refractivity contribution in [3.63, 3.8) is 0 Å². The molecule has 0 unspecified atom stereocenters. The lowest BCUT2D eigenvalue weighted by molar-refractivity contribution is 0.482. The Labute approximate surface area is 346 Å². The molecule has 2 heteroatoms. The minimum Gasteiger partial charge on any atom is -0.456 e. The van der Waals surface area contributed by atoms with E-state index >= 15 is 0 Å². The third-order valence-corrected chi connectivity index (χ3v) is 11.6. The van der Waals surface area contributed by atoms with Crippen LogP contribution >= 0.6 is 0 Å². The highest BCUT2D eigenvalue weighted by Gasteiger charge is 2.20. The summed E-state index contributed by atoms with van der Waals surface area (Å²) in [5, 5.41) is 4.99. The van der Waals surface area contributed by atoms with Crippen LogP contribution in [-0.2, 0) is 0 Å². The Morgan fingerprint density at radius 2 is 0.966 bits per heavy atom. The molecular formula is C57H43NO. The summed E-state index contributed by atoms with van der Waals surface area (Å²) in [6.07, 6.45) is 6.56. The molecule has 2 nitrogen and oxygen atoms in total. The molecule has 9 aromatic carbocycles. The summed E-state index contributed by atoms with van der Waals surface area (Å²) in [6.45, 7) is 2.13. The topological polar surface area (TPSA) is 12.5 Å². The molecule has 0 fully saturated rings. The van der Waals surface area contributed by atoms with Gasteiger partial charge in [-0.3, -0.25) is 0 Å². The highest BCUT2D eigenvalue weighted by Crippen LogP contribution is 2.44. The number of aryl methyl sites for hydroxylation is 1. The normalized spacial score (nSPS) is 12.6. The number of allylic oxidation sites excluding steroid dienone is 4. The highest BCUT2D eigenvalue weighted by atomic mass is 16.5. The number of para-hydroxylation sites is 3. The zero-order valence-electron chi connectivity index (χ0n) is 33.1. The van der Waals surface area contributed by atoms with E-state index in [9.17, 15) is 0 Å². The molecule has 10 rings (SSSR count). The van der Waals surface area contributed by atoms with Crippen LogP contribution in [0, 0.1) is 6.92 Å². The summed E-state index contributed by atoms with van der Waals surface area (Å²) < 4.78 is 6.82. The average molecular weight is 758 g/mol. The van der Waals surface area contributed by atoms with E-state index in [0.717, 1.165) is 63.5 Å². The van der Waals surface area contributed by atoms with Gasteiger partial charge >= 0.3 is 0 Å². The van der Waals surface area contributed by atoms with E-state index in [1.807, 2.05) is 12.1 Å². The van der Waals surface area contributed by atoms with Crippen molar-refractivity contribution in [3.05, 3.63) is 235 Å². The molecule has 0 amide bonds. The van der Waals surface area contributed by atoms with Gasteiger partial charge < -0.3 is 9.64 Å². The molecular weight excluding hydrogens is 715 g/mol. The first-order valence-corrected chi connectivity index (χ1v) is 20.5. The molecule has 9 aromatic rings. The molecule has 0 spiro atoms. The van der Waals surface area contributed by atoms with Gasteiger partial charge in [-0.15, -0.1) is 0 Å². The van der Waals surface area contributed by atoms with Crippen molar-refractivity contribution < 1.29 is 4.74 Å². The van der Waals surface area contributed by atoms with Crippen LogP contribution in [0.4, 0.5) is 17.1 Å². The number of nitrogens with zero attached hydrogens (tertiary/aromatic N) is 1. The molecule has 0 aliphatic heterocycles. The number of fused-ring (bicyclic) bond motifs is 3. The molecule has 0 radical (unpaired) electrons. The first-order valence-electron chi connectivity index (χ1n) is 20.5. The van der Waals surface area contributed by atoms with Gasteiger partial charge in [-0.05, 0) is 117 Å². The van der Waals surface area contributed by atoms with Gasteiger partial charge in [0.05, 0.1) is 5.69 Å². The second kappa shape index (κ2) is 15.8. The Bertz CT molecular complexity index is 3030. The SMILES string of the molecule is Cc1cccc(-c2cccc(C3=CC=C(c4cccc(N(c5ccccc5)c5cc6ccccc6c6ccccc56)c4)CC3)c2)c1Oc1ccccc1-c1ccccc1. The lowest BCUT2D eigenvalue weighted by Crippen LogP contribution is -2.11. The van der Waals surface area contributed by atoms with E-state index in [0.29, 0.717) is 0 Å². The first kappa shape index (κ1) is 36.0. The van der Waals surface area contributed by atoms with E-state index < -0.39 is 0 Å². The van der Waals surface area contributed by atoms with Crippen LogP contribution in [-0.4, -0.2) is 0 Å². The zero-order valence-corrected chi connectivity index (χ0v) is 33.1. The van der Waals surface area contributed by atoms with Crippen molar-refractivity contribution in [1.82, 2.24) is 0 Å². The molecule has 59 heavy (non-hydrogen) atoms. The van der Waals surface area contributed by atoms with E-state index in [2.05, 4.69) is 218 Å². The average Bonchev–Trinajstić information content (AvgIpc) is 3.31. The van der Waals surface area contributed by atoms with Gasteiger partial charge in [0.1, 0.15) is 11.5 Å². The fraction of sp³-hybridized carbons (Fsp3) is 0.0526. The summed E-state index contributed by atoms with van der Waals surface area (Å²) in [4.78, 5) is 2.41. The van der Waals surface area contributed by atoms with E-state index in [1.54, 1.807) is 0 Å². The summed E-state index contributed by atoms with van der Waals surface area (Å²) in [7, 11) is 0. The summed E-state index contributed by atoms with van der Waals surface area (Å²) in [5.74, 6) is 1.73. The number of hydrogen-bond donors (Lipinski definition) is 0. The van der Waals surface area contributed by atoms with Gasteiger partial charge in [0, 0.05) is 27.9 Å². The Hall–Kier alpha value is -7.42. The second-order valence-corrected chi connectivity index (χ2v) is 15.3. The molecule has 0 aromatic heterocycles. The fourth-order valence-electron chi connectivity index (χ4n) is 8.61. The lowest BCUT2D eigenvalue weighted by atomic mass is 9.88. The van der Waals surface area contributed by atoms with Crippen LogP contribution in [0.2, 0.25) is 0 Å². The monoisotopic (exact) mass is 757 g/mol. The number of benzene rings is 9. The Balaban J connectivity index is 0.977. The molecule has 0 saturated carbocycles. The van der Waals surface area contributed by atoms with Crippen molar-refractivity contribution >= 4 is 49.8 Å². The predicted octanol–water partition coefficient (Wildman–Crippen LogP) is 16.2. The smallest absolute Gasteiger partial charge is 0.138 e. The third-order valence-electron chi connectivity index (χ3n) is 11.6. The lowest BCUT2D eigenvalue weighted by Gasteiger charge is -2.28. The number of hydrogen-bond acceptors (Lipinski definition) is 2. The zero-order chi connectivity index (χ0) is 39.5. The van der Waals surface area contributed by atoms with E-state index in [-0.39, 0.29) is 0 Å². The maximum absolute atomic E-state index is 6.82. The van der Waals surface area contributed by atoms with Gasteiger partial charge in [0.2, 0.25) is 0 Å². The van der Waals surface area contributed by atoms with Crippen LogP contribution in [0.15, 0.2) is 218 Å². The molecule has 1 aliphatic rings. The molecule has 0 N–H and O–H groups in total. The quantitative estimate of drug-likeness (QED) is 0.136. The summed E-state index contributed by atoms with van der Waals surface area (Å²) >= 11 is 0. The van der Waals surface area contributed by atoms with Gasteiger partial charge in [0.25, 0.3) is 0 Å². The van der Waals surface area contributed by atoms with Crippen molar-refractivity contribution in [2.75, 3.05) is 4.90 Å². The Morgan fingerprint density at radius 1 is 0.407 bits per heavy atom. The molecule has 0 heterocycles. The molecule has 0 atom stereocenters. The molecule has 0 saturated heterocycles. The van der Waals surface area contributed by atoms with Crippen LogP contribution < -0.4 is 9.64 Å². The maximum Gasteiger partial charge on any atom is 0.138 e. The van der Waals surface area contributed by atoms with Crippen molar-refractivity contribution in [3.8, 4) is 33.8 Å². The number of ether oxygens (including phenoxy) is 1. The second-order valence-electron chi connectivity index (χ2n) is 15.3. The van der Waals surface area contributed by atoms with Gasteiger partial charge in [-0.2, -0.15) is 0 Å². The van der Waals surface area contributed by atoms with Crippen LogP contribution in [0.25, 0.3) is 54.9 Å². The molecule has 0 bridgehead atoms. The summed E-state index contributed by atoms with van der Waals surface area (Å²) in [5.41, 5.74) is 14.1. The molecule has 1 aliphatic carbocycles. The Kier molecular flexibility index (Phi) is 9.66. The van der Waals surface area contributed by atoms with Crippen molar-refractivity contribution in [1.29, 1.82) is 0 Å².